The topological polar surface area (TPSA) is 70.2 Å². The Balaban J connectivity index is 1.83. The lowest BCUT2D eigenvalue weighted by Crippen LogP contribution is -2.30. The Hall–Kier alpha value is -1.88. The van der Waals surface area contributed by atoms with Gasteiger partial charge in [0.2, 0.25) is 11.8 Å². The molecule has 5 heteroatoms. The molecule has 114 valence electrons. The number of hydrogen-bond donors (Lipinski definition) is 3. The number of hydrogen-bond acceptors (Lipinski definition) is 3. The summed E-state index contributed by atoms with van der Waals surface area (Å²) < 4.78 is 0. The summed E-state index contributed by atoms with van der Waals surface area (Å²) in [6, 6.07) is 7.23. The minimum Gasteiger partial charge on any atom is -0.326 e. The SMILES string of the molecule is CCNCC(C)C(=O)Nc1ccc(NC(=O)C2CC2)cc1. The van der Waals surface area contributed by atoms with Crippen LogP contribution in [0.25, 0.3) is 0 Å². The number of benzene rings is 1. The molecule has 21 heavy (non-hydrogen) atoms. The first kappa shape index (κ1) is 15.5. The van der Waals surface area contributed by atoms with E-state index in [2.05, 4.69) is 16.0 Å². The van der Waals surface area contributed by atoms with Crippen molar-refractivity contribution in [1.82, 2.24) is 5.32 Å². The van der Waals surface area contributed by atoms with Crippen molar-refractivity contribution in [3.05, 3.63) is 24.3 Å². The summed E-state index contributed by atoms with van der Waals surface area (Å²) in [5.74, 6) is 0.187. The number of amides is 2. The second kappa shape index (κ2) is 7.22. The zero-order valence-corrected chi connectivity index (χ0v) is 12.6. The summed E-state index contributed by atoms with van der Waals surface area (Å²) in [6.07, 6.45) is 1.98. The highest BCUT2D eigenvalue weighted by Crippen LogP contribution is 2.30. The number of carbonyl (C=O) groups is 2. The minimum atomic E-state index is -0.0841. The van der Waals surface area contributed by atoms with Gasteiger partial charge in [-0.1, -0.05) is 13.8 Å². The predicted molar refractivity (Wildman–Crippen MR) is 84.1 cm³/mol. The maximum absolute atomic E-state index is 12.0. The summed E-state index contributed by atoms with van der Waals surface area (Å²) in [4.78, 5) is 23.6. The van der Waals surface area contributed by atoms with Crippen LogP contribution in [0.2, 0.25) is 0 Å². The van der Waals surface area contributed by atoms with Gasteiger partial charge in [-0.2, -0.15) is 0 Å². The lowest BCUT2D eigenvalue weighted by Gasteiger charge is -2.13. The molecule has 5 nitrogen and oxygen atoms in total. The number of anilines is 2. The van der Waals surface area contributed by atoms with Gasteiger partial charge >= 0.3 is 0 Å². The lowest BCUT2D eigenvalue weighted by atomic mass is 10.1. The Bertz CT molecular complexity index is 495. The van der Waals surface area contributed by atoms with E-state index in [0.717, 1.165) is 30.8 Å². The fourth-order valence-electron chi connectivity index (χ4n) is 1.95. The van der Waals surface area contributed by atoms with Crippen molar-refractivity contribution in [3.8, 4) is 0 Å². The zero-order chi connectivity index (χ0) is 15.2. The van der Waals surface area contributed by atoms with Crippen molar-refractivity contribution in [3.63, 3.8) is 0 Å². The van der Waals surface area contributed by atoms with Crippen LogP contribution in [0.5, 0.6) is 0 Å². The molecule has 1 saturated carbocycles. The molecule has 0 radical (unpaired) electrons. The van der Waals surface area contributed by atoms with Crippen molar-refractivity contribution < 1.29 is 9.59 Å². The van der Waals surface area contributed by atoms with Gasteiger partial charge in [0.25, 0.3) is 0 Å². The molecule has 1 aliphatic rings. The average Bonchev–Trinajstić information content (AvgIpc) is 3.31. The molecule has 1 unspecified atom stereocenters. The van der Waals surface area contributed by atoms with E-state index in [1.807, 2.05) is 26.0 Å². The zero-order valence-electron chi connectivity index (χ0n) is 12.6. The van der Waals surface area contributed by atoms with Gasteiger partial charge < -0.3 is 16.0 Å². The Kier molecular flexibility index (Phi) is 5.33. The monoisotopic (exact) mass is 289 g/mol. The smallest absolute Gasteiger partial charge is 0.228 e. The minimum absolute atomic E-state index is 0.00860. The average molecular weight is 289 g/mol. The summed E-state index contributed by atoms with van der Waals surface area (Å²) >= 11 is 0. The third kappa shape index (κ3) is 4.86. The van der Waals surface area contributed by atoms with Gasteiger partial charge in [-0.05, 0) is 43.7 Å². The van der Waals surface area contributed by atoms with Crippen molar-refractivity contribution in [2.75, 3.05) is 23.7 Å². The fraction of sp³-hybridized carbons (Fsp3) is 0.500. The van der Waals surface area contributed by atoms with Crippen molar-refractivity contribution in [2.45, 2.75) is 26.7 Å². The van der Waals surface area contributed by atoms with E-state index < -0.39 is 0 Å². The summed E-state index contributed by atoms with van der Waals surface area (Å²) in [7, 11) is 0. The molecule has 0 spiro atoms. The van der Waals surface area contributed by atoms with E-state index in [1.54, 1.807) is 12.1 Å². The highest BCUT2D eigenvalue weighted by molar-refractivity contribution is 5.95. The summed E-state index contributed by atoms with van der Waals surface area (Å²) in [5.41, 5.74) is 1.51. The molecule has 0 bridgehead atoms. The first-order valence-corrected chi connectivity index (χ1v) is 7.52. The molecule has 1 aromatic carbocycles. The first-order valence-electron chi connectivity index (χ1n) is 7.52. The van der Waals surface area contributed by atoms with Crippen LogP contribution >= 0.6 is 0 Å². The number of nitrogens with one attached hydrogen (secondary N) is 3. The fourth-order valence-corrected chi connectivity index (χ4v) is 1.95. The van der Waals surface area contributed by atoms with Gasteiger partial charge in [0.05, 0.1) is 0 Å². The molecule has 0 saturated heterocycles. The summed E-state index contributed by atoms with van der Waals surface area (Å²) in [5, 5.41) is 8.90. The van der Waals surface area contributed by atoms with Crippen molar-refractivity contribution in [1.29, 1.82) is 0 Å². The molecule has 0 heterocycles. The van der Waals surface area contributed by atoms with Crippen molar-refractivity contribution in [2.24, 2.45) is 11.8 Å². The van der Waals surface area contributed by atoms with Crippen LogP contribution < -0.4 is 16.0 Å². The quantitative estimate of drug-likeness (QED) is 0.721. The largest absolute Gasteiger partial charge is 0.326 e. The maximum Gasteiger partial charge on any atom is 0.228 e. The molecule has 1 atom stereocenters. The molecular weight excluding hydrogens is 266 g/mol. The van der Waals surface area contributed by atoms with Crippen LogP contribution in [0.15, 0.2) is 24.3 Å². The molecule has 3 N–H and O–H groups in total. The van der Waals surface area contributed by atoms with E-state index in [0.29, 0.717) is 6.54 Å². The van der Waals surface area contributed by atoms with E-state index in [4.69, 9.17) is 0 Å². The van der Waals surface area contributed by atoms with E-state index >= 15 is 0 Å². The van der Waals surface area contributed by atoms with Crippen LogP contribution in [-0.2, 0) is 9.59 Å². The van der Waals surface area contributed by atoms with Crippen LogP contribution in [0.3, 0.4) is 0 Å². The van der Waals surface area contributed by atoms with Gasteiger partial charge in [-0.3, -0.25) is 9.59 Å². The van der Waals surface area contributed by atoms with Crippen LogP contribution in [0.4, 0.5) is 11.4 Å². The molecule has 1 fully saturated rings. The standard InChI is InChI=1S/C16H23N3O2/c1-3-17-10-11(2)15(20)18-13-6-8-14(9-7-13)19-16(21)12-4-5-12/h6-9,11-12,17H,3-5,10H2,1-2H3,(H,18,20)(H,19,21). The number of carbonyl (C=O) groups excluding carboxylic acids is 2. The molecule has 1 aliphatic carbocycles. The van der Waals surface area contributed by atoms with E-state index in [-0.39, 0.29) is 23.7 Å². The van der Waals surface area contributed by atoms with E-state index in [9.17, 15) is 9.59 Å². The van der Waals surface area contributed by atoms with Crippen LogP contribution in [0.1, 0.15) is 26.7 Å². The molecule has 0 aliphatic heterocycles. The Morgan fingerprint density at radius 3 is 2.24 bits per heavy atom. The Labute approximate surface area is 125 Å². The van der Waals surface area contributed by atoms with Crippen LogP contribution in [-0.4, -0.2) is 24.9 Å². The third-order valence-corrected chi connectivity index (χ3v) is 3.52. The van der Waals surface area contributed by atoms with Gasteiger partial charge in [0.15, 0.2) is 0 Å². The normalized spacial score (nSPS) is 15.3. The van der Waals surface area contributed by atoms with Crippen molar-refractivity contribution >= 4 is 23.2 Å². The molecule has 0 aromatic heterocycles. The Morgan fingerprint density at radius 1 is 1.14 bits per heavy atom. The van der Waals surface area contributed by atoms with Crippen LogP contribution in [0, 0.1) is 11.8 Å². The Morgan fingerprint density at radius 2 is 1.71 bits per heavy atom. The maximum atomic E-state index is 12.0. The van der Waals surface area contributed by atoms with Gasteiger partial charge in [0.1, 0.15) is 0 Å². The molecule has 2 amide bonds. The molecule has 1 aromatic rings. The second-order valence-electron chi connectivity index (χ2n) is 5.54. The first-order chi connectivity index (χ1) is 10.1. The second-order valence-corrected chi connectivity index (χ2v) is 5.54. The lowest BCUT2D eigenvalue weighted by molar-refractivity contribution is -0.119. The third-order valence-electron chi connectivity index (χ3n) is 3.52. The predicted octanol–water partition coefficient (Wildman–Crippen LogP) is 2.22. The van der Waals surface area contributed by atoms with Gasteiger partial charge in [-0.25, -0.2) is 0 Å². The van der Waals surface area contributed by atoms with Gasteiger partial charge in [0, 0.05) is 29.8 Å². The molecule has 2 rings (SSSR count). The van der Waals surface area contributed by atoms with E-state index in [1.165, 1.54) is 0 Å². The van der Waals surface area contributed by atoms with Gasteiger partial charge in [-0.15, -0.1) is 0 Å². The summed E-state index contributed by atoms with van der Waals surface area (Å²) in [6.45, 7) is 5.42. The molecular formula is C16H23N3O2. The highest BCUT2D eigenvalue weighted by atomic mass is 16.2. The highest BCUT2D eigenvalue weighted by Gasteiger charge is 2.29. The number of rotatable bonds is 7.